The van der Waals surface area contributed by atoms with Crippen molar-refractivity contribution >= 4 is 40.2 Å². The van der Waals surface area contributed by atoms with E-state index in [1.54, 1.807) is 19.1 Å². The molecule has 166 valence electrons. The molecule has 1 saturated heterocycles. The number of hydrogen-bond acceptors (Lipinski definition) is 9. The van der Waals surface area contributed by atoms with E-state index in [9.17, 15) is 14.7 Å². The Hall–Kier alpha value is -3.57. The fraction of sp³-hybridized carbons (Fsp3) is 0.286. The maximum absolute atomic E-state index is 11.3. The number of piperazine rings is 1. The molecule has 3 N–H and O–H groups in total. The van der Waals surface area contributed by atoms with E-state index in [1.165, 1.54) is 12.1 Å². The van der Waals surface area contributed by atoms with Gasteiger partial charge in [-0.15, -0.1) is 0 Å². The first kappa shape index (κ1) is 21.7. The van der Waals surface area contributed by atoms with Gasteiger partial charge in [0.1, 0.15) is 10.7 Å². The van der Waals surface area contributed by atoms with E-state index in [2.05, 4.69) is 37.1 Å². The minimum Gasteiger partial charge on any atom is -0.478 e. The Morgan fingerprint density at radius 1 is 1.00 bits per heavy atom. The average molecular weight is 455 g/mol. The van der Waals surface area contributed by atoms with Gasteiger partial charge in [-0.1, -0.05) is 23.5 Å². The fourth-order valence-corrected chi connectivity index (χ4v) is 4.16. The Bertz CT molecular complexity index is 1160. The van der Waals surface area contributed by atoms with Crippen LogP contribution in [0.15, 0.2) is 30.3 Å². The van der Waals surface area contributed by atoms with Crippen LogP contribution >= 0.6 is 11.3 Å². The zero-order valence-corrected chi connectivity index (χ0v) is 18.4. The molecule has 3 aromatic rings. The highest BCUT2D eigenvalue weighted by Crippen LogP contribution is 2.28. The van der Waals surface area contributed by atoms with Gasteiger partial charge in [0, 0.05) is 37.8 Å². The summed E-state index contributed by atoms with van der Waals surface area (Å²) in [5.74, 6) is -0.989. The lowest BCUT2D eigenvalue weighted by atomic mass is 10.1. The molecule has 0 unspecified atom stereocenters. The molecule has 3 heterocycles. The minimum absolute atomic E-state index is 0.159. The monoisotopic (exact) mass is 454 g/mol. The Balaban J connectivity index is 1.70. The van der Waals surface area contributed by atoms with Gasteiger partial charge >= 0.3 is 11.9 Å². The lowest BCUT2D eigenvalue weighted by Crippen LogP contribution is -2.44. The van der Waals surface area contributed by atoms with Gasteiger partial charge in [0.15, 0.2) is 5.13 Å². The van der Waals surface area contributed by atoms with Crippen LogP contribution in [0.4, 0.5) is 16.9 Å². The molecular weight excluding hydrogens is 432 g/mol. The number of carbonyl (C=O) groups is 2. The lowest BCUT2D eigenvalue weighted by Gasteiger charge is -2.33. The zero-order valence-electron chi connectivity index (χ0n) is 17.6. The third kappa shape index (κ3) is 4.68. The summed E-state index contributed by atoms with van der Waals surface area (Å²) < 4.78 is 0. The van der Waals surface area contributed by atoms with Crippen molar-refractivity contribution in [3.8, 4) is 11.3 Å². The van der Waals surface area contributed by atoms with Crippen molar-refractivity contribution in [1.29, 1.82) is 0 Å². The first-order valence-corrected chi connectivity index (χ1v) is 10.8. The highest BCUT2D eigenvalue weighted by atomic mass is 32.1. The number of nitrogens with one attached hydrogen (secondary N) is 1. The third-order valence-corrected chi connectivity index (χ3v) is 6.24. The number of carboxylic acids is 2. The number of aryl methyl sites for hydroxylation is 1. The van der Waals surface area contributed by atoms with E-state index in [0.29, 0.717) is 22.5 Å². The molecule has 1 aliphatic rings. The number of carboxylic acid groups (broad SMARTS) is 2. The zero-order chi connectivity index (χ0) is 22.8. The molecule has 0 saturated carbocycles. The second-order valence-electron chi connectivity index (χ2n) is 7.47. The standard InChI is InChI=1S/C21H22N6O4S/c1-12-17(19(30)31)32-21(22-12)25-20-23-15(13-3-5-14(6-4-13)18(28)29)11-16(24-20)27-9-7-26(2)8-10-27/h3-6,11H,7-10H2,1-2H3,(H,28,29)(H,30,31)(H,22,23,24,25). The molecule has 1 fully saturated rings. The molecule has 0 bridgehead atoms. The summed E-state index contributed by atoms with van der Waals surface area (Å²) in [6.07, 6.45) is 0. The number of benzene rings is 1. The minimum atomic E-state index is -1.03. The first-order chi connectivity index (χ1) is 15.3. The summed E-state index contributed by atoms with van der Waals surface area (Å²) in [4.78, 5) is 40.6. The lowest BCUT2D eigenvalue weighted by molar-refractivity contribution is 0.0688. The summed E-state index contributed by atoms with van der Waals surface area (Å²) in [5.41, 5.74) is 1.99. The highest BCUT2D eigenvalue weighted by molar-refractivity contribution is 7.17. The van der Waals surface area contributed by atoms with E-state index in [1.807, 2.05) is 6.07 Å². The summed E-state index contributed by atoms with van der Waals surface area (Å²) >= 11 is 1.02. The Morgan fingerprint density at radius 3 is 2.28 bits per heavy atom. The van der Waals surface area contributed by atoms with E-state index < -0.39 is 11.9 Å². The quantitative estimate of drug-likeness (QED) is 0.511. The van der Waals surface area contributed by atoms with Gasteiger partial charge in [-0.2, -0.15) is 4.98 Å². The molecule has 0 amide bonds. The van der Waals surface area contributed by atoms with Gasteiger partial charge in [-0.25, -0.2) is 19.6 Å². The van der Waals surface area contributed by atoms with E-state index in [0.717, 1.165) is 48.9 Å². The number of likely N-dealkylation sites (N-methyl/N-ethyl adjacent to an activating group) is 1. The van der Waals surface area contributed by atoms with E-state index in [4.69, 9.17) is 5.11 Å². The molecule has 0 atom stereocenters. The van der Waals surface area contributed by atoms with Crippen molar-refractivity contribution in [3.05, 3.63) is 46.5 Å². The summed E-state index contributed by atoms with van der Waals surface area (Å²) in [5, 5.41) is 21.9. The van der Waals surface area contributed by atoms with Crippen LogP contribution in [0.5, 0.6) is 0 Å². The fourth-order valence-electron chi connectivity index (χ4n) is 3.36. The SMILES string of the molecule is Cc1nc(Nc2nc(-c3ccc(C(=O)O)cc3)cc(N3CCN(C)CC3)n2)sc1C(=O)O. The van der Waals surface area contributed by atoms with Crippen LogP contribution < -0.4 is 10.2 Å². The molecule has 32 heavy (non-hydrogen) atoms. The van der Waals surface area contributed by atoms with Crippen LogP contribution in [0.25, 0.3) is 11.3 Å². The Kier molecular flexibility index (Phi) is 6.01. The topological polar surface area (TPSA) is 132 Å². The molecule has 1 aromatic carbocycles. The van der Waals surface area contributed by atoms with Crippen molar-refractivity contribution in [2.75, 3.05) is 43.4 Å². The predicted octanol–water partition coefficient (Wildman–Crippen LogP) is 2.80. The van der Waals surface area contributed by atoms with Gasteiger partial charge in [0.2, 0.25) is 5.95 Å². The Morgan fingerprint density at radius 2 is 1.69 bits per heavy atom. The summed E-state index contributed by atoms with van der Waals surface area (Å²) in [6.45, 7) is 5.07. The highest BCUT2D eigenvalue weighted by Gasteiger charge is 2.19. The average Bonchev–Trinajstić information content (AvgIpc) is 3.14. The molecule has 11 heteroatoms. The van der Waals surface area contributed by atoms with Crippen LogP contribution in [0.2, 0.25) is 0 Å². The number of nitrogens with zero attached hydrogens (tertiary/aromatic N) is 5. The smallest absolute Gasteiger partial charge is 0.347 e. The van der Waals surface area contributed by atoms with Crippen LogP contribution in [0.1, 0.15) is 25.7 Å². The number of rotatable bonds is 6. The maximum atomic E-state index is 11.3. The van der Waals surface area contributed by atoms with Crippen molar-refractivity contribution in [3.63, 3.8) is 0 Å². The van der Waals surface area contributed by atoms with Gasteiger partial charge in [-0.3, -0.25) is 5.32 Å². The number of aromatic nitrogens is 3. The van der Waals surface area contributed by atoms with Crippen molar-refractivity contribution in [2.45, 2.75) is 6.92 Å². The molecule has 10 nitrogen and oxygen atoms in total. The van der Waals surface area contributed by atoms with E-state index in [-0.39, 0.29) is 10.4 Å². The van der Waals surface area contributed by atoms with Crippen LogP contribution in [-0.2, 0) is 0 Å². The van der Waals surface area contributed by atoms with Crippen molar-refractivity contribution < 1.29 is 19.8 Å². The largest absolute Gasteiger partial charge is 0.478 e. The second kappa shape index (κ2) is 8.89. The van der Waals surface area contributed by atoms with Crippen molar-refractivity contribution in [1.82, 2.24) is 19.9 Å². The van der Waals surface area contributed by atoms with Crippen molar-refractivity contribution in [2.24, 2.45) is 0 Å². The first-order valence-electron chi connectivity index (χ1n) is 9.94. The normalized spacial score (nSPS) is 14.4. The molecule has 1 aliphatic heterocycles. The van der Waals surface area contributed by atoms with Gasteiger partial charge in [0.05, 0.1) is 17.0 Å². The molecule has 0 aliphatic carbocycles. The summed E-state index contributed by atoms with van der Waals surface area (Å²) in [6, 6.07) is 8.36. The molecule has 0 radical (unpaired) electrons. The number of aromatic carboxylic acids is 2. The van der Waals surface area contributed by atoms with Crippen LogP contribution in [-0.4, -0.2) is 75.2 Å². The molecular formula is C21H22N6O4S. The second-order valence-corrected chi connectivity index (χ2v) is 8.47. The molecule has 2 aromatic heterocycles. The Labute approximate surface area is 188 Å². The van der Waals surface area contributed by atoms with Gasteiger partial charge < -0.3 is 20.0 Å². The predicted molar refractivity (Wildman–Crippen MR) is 121 cm³/mol. The molecule has 4 rings (SSSR count). The van der Waals surface area contributed by atoms with Crippen LogP contribution in [0.3, 0.4) is 0 Å². The van der Waals surface area contributed by atoms with Gasteiger partial charge in [-0.05, 0) is 26.1 Å². The summed E-state index contributed by atoms with van der Waals surface area (Å²) in [7, 11) is 2.07. The number of anilines is 3. The third-order valence-electron chi connectivity index (χ3n) is 5.18. The maximum Gasteiger partial charge on any atom is 0.347 e. The number of thiazole rings is 1. The van der Waals surface area contributed by atoms with E-state index >= 15 is 0 Å². The van der Waals surface area contributed by atoms with Gasteiger partial charge in [0.25, 0.3) is 0 Å². The number of hydrogen-bond donors (Lipinski definition) is 3. The van der Waals surface area contributed by atoms with Crippen LogP contribution in [0, 0.1) is 6.92 Å². The molecule has 0 spiro atoms.